The molecule has 1 atom stereocenters. The predicted octanol–water partition coefficient (Wildman–Crippen LogP) is 4.06. The van der Waals surface area contributed by atoms with E-state index in [1.807, 2.05) is 35.9 Å². The fourth-order valence-electron chi connectivity index (χ4n) is 2.94. The summed E-state index contributed by atoms with van der Waals surface area (Å²) < 4.78 is 13.1. The fourth-order valence-corrected chi connectivity index (χ4v) is 3.07. The van der Waals surface area contributed by atoms with Crippen LogP contribution in [0.25, 0.3) is 10.9 Å². The van der Waals surface area contributed by atoms with Gasteiger partial charge in [-0.2, -0.15) is 0 Å². The maximum atomic E-state index is 12.0. The molecule has 6 heteroatoms. The highest BCUT2D eigenvalue weighted by Gasteiger charge is 2.23. The van der Waals surface area contributed by atoms with Crippen molar-refractivity contribution in [2.45, 2.75) is 19.4 Å². The number of hydrogen-bond acceptors (Lipinski definition) is 4. The standard InChI is InChI=1S/C20H21ClN2O3/c1-3-25-20(24)17(22)12-16-15-6-4-5-7-18(15)23(2)19(16)26-14-10-8-13(21)9-11-14/h4-11,17H,3,12,22H2,1-2H3. The first-order valence-electron chi connectivity index (χ1n) is 8.43. The molecule has 0 aliphatic carbocycles. The summed E-state index contributed by atoms with van der Waals surface area (Å²) in [5.74, 6) is 0.886. The van der Waals surface area contributed by atoms with Crippen molar-refractivity contribution in [3.63, 3.8) is 0 Å². The zero-order valence-corrected chi connectivity index (χ0v) is 15.5. The Balaban J connectivity index is 2.01. The van der Waals surface area contributed by atoms with Crippen molar-refractivity contribution in [2.75, 3.05) is 6.61 Å². The molecule has 3 rings (SSSR count). The molecule has 0 aliphatic heterocycles. The topological polar surface area (TPSA) is 66.5 Å². The Kier molecular flexibility index (Phi) is 5.49. The van der Waals surface area contributed by atoms with Gasteiger partial charge in [0.25, 0.3) is 0 Å². The normalized spacial score (nSPS) is 12.2. The molecule has 1 heterocycles. The zero-order chi connectivity index (χ0) is 18.7. The Hall–Kier alpha value is -2.50. The first kappa shape index (κ1) is 18.3. The number of carbonyl (C=O) groups excluding carboxylic acids is 1. The molecule has 136 valence electrons. The van der Waals surface area contributed by atoms with Gasteiger partial charge in [0.15, 0.2) is 0 Å². The maximum absolute atomic E-state index is 12.0. The summed E-state index contributed by atoms with van der Waals surface area (Å²) in [4.78, 5) is 12.0. The highest BCUT2D eigenvalue weighted by Crippen LogP contribution is 2.35. The van der Waals surface area contributed by atoms with E-state index in [0.29, 0.717) is 29.7 Å². The Morgan fingerprint density at radius 2 is 1.88 bits per heavy atom. The van der Waals surface area contributed by atoms with Crippen molar-refractivity contribution in [3.05, 3.63) is 59.1 Å². The lowest BCUT2D eigenvalue weighted by Crippen LogP contribution is -2.34. The zero-order valence-electron chi connectivity index (χ0n) is 14.7. The van der Waals surface area contributed by atoms with Crippen molar-refractivity contribution >= 4 is 28.5 Å². The fraction of sp³-hybridized carbons (Fsp3) is 0.250. The van der Waals surface area contributed by atoms with E-state index in [1.165, 1.54) is 0 Å². The molecular formula is C20H21ClN2O3. The van der Waals surface area contributed by atoms with E-state index in [0.717, 1.165) is 16.5 Å². The van der Waals surface area contributed by atoms with Crippen molar-refractivity contribution in [1.29, 1.82) is 0 Å². The second-order valence-corrected chi connectivity index (χ2v) is 6.41. The van der Waals surface area contributed by atoms with E-state index in [2.05, 4.69) is 0 Å². The minimum Gasteiger partial charge on any atom is -0.465 e. The van der Waals surface area contributed by atoms with Gasteiger partial charge >= 0.3 is 5.97 Å². The van der Waals surface area contributed by atoms with E-state index in [4.69, 9.17) is 26.8 Å². The Morgan fingerprint density at radius 1 is 1.19 bits per heavy atom. The van der Waals surface area contributed by atoms with Crippen LogP contribution in [0.15, 0.2) is 48.5 Å². The van der Waals surface area contributed by atoms with Crippen LogP contribution in [-0.2, 0) is 23.0 Å². The Labute approximate surface area is 157 Å². The molecule has 5 nitrogen and oxygen atoms in total. The van der Waals surface area contributed by atoms with Gasteiger partial charge in [0.1, 0.15) is 11.8 Å². The summed E-state index contributed by atoms with van der Waals surface area (Å²) in [6.45, 7) is 2.06. The number of para-hydroxylation sites is 1. The number of aryl methyl sites for hydroxylation is 1. The molecule has 1 unspecified atom stereocenters. The smallest absolute Gasteiger partial charge is 0.323 e. The lowest BCUT2D eigenvalue weighted by atomic mass is 10.1. The van der Waals surface area contributed by atoms with E-state index in [1.54, 1.807) is 31.2 Å². The number of aromatic nitrogens is 1. The monoisotopic (exact) mass is 372 g/mol. The van der Waals surface area contributed by atoms with Crippen LogP contribution in [0.3, 0.4) is 0 Å². The van der Waals surface area contributed by atoms with Crippen LogP contribution >= 0.6 is 11.6 Å². The van der Waals surface area contributed by atoms with Crippen molar-refractivity contribution < 1.29 is 14.3 Å². The number of halogens is 1. The molecular weight excluding hydrogens is 352 g/mol. The second-order valence-electron chi connectivity index (χ2n) is 5.98. The molecule has 0 spiro atoms. The lowest BCUT2D eigenvalue weighted by molar-refractivity contribution is -0.144. The first-order valence-corrected chi connectivity index (χ1v) is 8.81. The van der Waals surface area contributed by atoms with Crippen molar-refractivity contribution in [2.24, 2.45) is 12.8 Å². The molecule has 0 radical (unpaired) electrons. The van der Waals surface area contributed by atoms with Gasteiger partial charge in [0, 0.05) is 29.4 Å². The number of esters is 1. The van der Waals surface area contributed by atoms with Crippen LogP contribution < -0.4 is 10.5 Å². The number of benzene rings is 2. The Morgan fingerprint density at radius 3 is 2.58 bits per heavy atom. The number of fused-ring (bicyclic) bond motifs is 1. The third-order valence-electron chi connectivity index (χ3n) is 4.19. The van der Waals surface area contributed by atoms with Crippen LogP contribution in [0.5, 0.6) is 11.6 Å². The first-order chi connectivity index (χ1) is 12.5. The van der Waals surface area contributed by atoms with E-state index < -0.39 is 12.0 Å². The highest BCUT2D eigenvalue weighted by atomic mass is 35.5. The third kappa shape index (κ3) is 3.69. The van der Waals surface area contributed by atoms with Gasteiger partial charge in [-0.25, -0.2) is 0 Å². The van der Waals surface area contributed by atoms with Crippen LogP contribution in [-0.4, -0.2) is 23.2 Å². The maximum Gasteiger partial charge on any atom is 0.323 e. The summed E-state index contributed by atoms with van der Waals surface area (Å²) in [7, 11) is 1.92. The van der Waals surface area contributed by atoms with Gasteiger partial charge < -0.3 is 19.8 Å². The molecule has 1 aromatic heterocycles. The van der Waals surface area contributed by atoms with E-state index in [9.17, 15) is 4.79 Å². The van der Waals surface area contributed by atoms with Crippen LogP contribution in [0.1, 0.15) is 12.5 Å². The molecule has 0 aliphatic rings. The number of rotatable bonds is 6. The number of nitrogens with zero attached hydrogens (tertiary/aromatic N) is 1. The van der Waals surface area contributed by atoms with E-state index >= 15 is 0 Å². The molecule has 2 N–H and O–H groups in total. The number of carbonyl (C=O) groups is 1. The molecule has 0 bridgehead atoms. The van der Waals surface area contributed by atoms with Gasteiger partial charge in [0.2, 0.25) is 5.88 Å². The molecule has 0 fully saturated rings. The highest BCUT2D eigenvalue weighted by molar-refractivity contribution is 6.30. The quantitative estimate of drug-likeness (QED) is 0.663. The van der Waals surface area contributed by atoms with E-state index in [-0.39, 0.29) is 0 Å². The molecule has 0 saturated heterocycles. The summed E-state index contributed by atoms with van der Waals surface area (Å²) in [5.41, 5.74) is 7.94. The molecule has 0 amide bonds. The van der Waals surface area contributed by atoms with Crippen LogP contribution in [0.4, 0.5) is 0 Å². The average Bonchev–Trinajstić information content (AvgIpc) is 2.90. The SMILES string of the molecule is CCOC(=O)C(N)Cc1c(Oc2ccc(Cl)cc2)n(C)c2ccccc12. The van der Waals surface area contributed by atoms with Crippen LogP contribution in [0, 0.1) is 0 Å². The van der Waals surface area contributed by atoms with Gasteiger partial charge in [-0.15, -0.1) is 0 Å². The number of ether oxygens (including phenoxy) is 2. The largest absolute Gasteiger partial charge is 0.465 e. The Bertz CT molecular complexity index is 919. The number of nitrogens with two attached hydrogens (primary N) is 1. The number of hydrogen-bond donors (Lipinski definition) is 1. The van der Waals surface area contributed by atoms with Gasteiger partial charge in [0.05, 0.1) is 12.1 Å². The molecule has 26 heavy (non-hydrogen) atoms. The second kappa shape index (κ2) is 7.81. The lowest BCUT2D eigenvalue weighted by Gasteiger charge is -2.13. The summed E-state index contributed by atoms with van der Waals surface area (Å²) in [6, 6.07) is 14.3. The van der Waals surface area contributed by atoms with Crippen molar-refractivity contribution in [3.8, 4) is 11.6 Å². The minimum absolute atomic E-state index is 0.302. The van der Waals surface area contributed by atoms with Gasteiger partial charge in [-0.1, -0.05) is 29.8 Å². The van der Waals surface area contributed by atoms with Gasteiger partial charge in [-0.05, 0) is 37.3 Å². The third-order valence-corrected chi connectivity index (χ3v) is 4.45. The summed E-state index contributed by atoms with van der Waals surface area (Å²) in [6.07, 6.45) is 0.323. The summed E-state index contributed by atoms with van der Waals surface area (Å²) in [5, 5.41) is 1.64. The average molecular weight is 373 g/mol. The molecule has 2 aromatic carbocycles. The predicted molar refractivity (Wildman–Crippen MR) is 103 cm³/mol. The van der Waals surface area contributed by atoms with Crippen LogP contribution in [0.2, 0.25) is 5.02 Å². The van der Waals surface area contributed by atoms with Gasteiger partial charge in [-0.3, -0.25) is 4.79 Å². The summed E-state index contributed by atoms with van der Waals surface area (Å²) >= 11 is 5.95. The minimum atomic E-state index is -0.756. The molecule has 0 saturated carbocycles. The molecule has 3 aromatic rings. The van der Waals surface area contributed by atoms with Crippen molar-refractivity contribution in [1.82, 2.24) is 4.57 Å².